The Kier molecular flexibility index (Phi) is 9.34. The third-order valence-electron chi connectivity index (χ3n) is 3.56. The van der Waals surface area contributed by atoms with Crippen LogP contribution < -0.4 is 20.1 Å². The molecule has 0 amide bonds. The summed E-state index contributed by atoms with van der Waals surface area (Å²) in [5.74, 6) is 1.87. The number of anilines is 1. The molecule has 9 heteroatoms. The summed E-state index contributed by atoms with van der Waals surface area (Å²) >= 11 is 0. The van der Waals surface area contributed by atoms with Crippen molar-refractivity contribution in [3.05, 3.63) is 58.1 Å². The van der Waals surface area contributed by atoms with Gasteiger partial charge in [0.05, 0.1) is 18.6 Å². The van der Waals surface area contributed by atoms with Crippen molar-refractivity contribution < 1.29 is 14.4 Å². The molecular weight excluding hydrogens is 463 g/mol. The van der Waals surface area contributed by atoms with E-state index in [0.29, 0.717) is 30.6 Å². The Labute approximate surface area is 175 Å². The summed E-state index contributed by atoms with van der Waals surface area (Å²) in [5.41, 5.74) is 1.77. The van der Waals surface area contributed by atoms with Crippen LogP contribution in [0.2, 0.25) is 0 Å². The van der Waals surface area contributed by atoms with E-state index in [1.165, 1.54) is 12.1 Å². The Bertz CT molecular complexity index is 781. The molecule has 2 aromatic rings. The minimum absolute atomic E-state index is 0. The van der Waals surface area contributed by atoms with Crippen molar-refractivity contribution in [3.8, 4) is 11.5 Å². The van der Waals surface area contributed by atoms with Crippen LogP contribution in [-0.4, -0.2) is 31.6 Å². The lowest BCUT2D eigenvalue weighted by Gasteiger charge is -2.14. The summed E-state index contributed by atoms with van der Waals surface area (Å²) in [4.78, 5) is 14.4. The molecule has 0 atom stereocenters. The highest BCUT2D eigenvalue weighted by Gasteiger charge is 2.08. The molecule has 2 N–H and O–H groups in total. The first-order chi connectivity index (χ1) is 12.6. The first kappa shape index (κ1) is 22.5. The van der Waals surface area contributed by atoms with Crippen LogP contribution in [0, 0.1) is 10.1 Å². The van der Waals surface area contributed by atoms with Crippen LogP contribution in [0.1, 0.15) is 12.5 Å². The van der Waals surface area contributed by atoms with E-state index in [1.807, 2.05) is 25.1 Å². The van der Waals surface area contributed by atoms with E-state index in [2.05, 4.69) is 15.6 Å². The fraction of sp³-hybridized carbons (Fsp3) is 0.278. The normalized spacial score (nSPS) is 10.6. The molecule has 0 bridgehead atoms. The van der Waals surface area contributed by atoms with Gasteiger partial charge in [-0.05, 0) is 24.6 Å². The first-order valence-electron chi connectivity index (χ1n) is 8.09. The Morgan fingerprint density at radius 3 is 2.44 bits per heavy atom. The van der Waals surface area contributed by atoms with Crippen LogP contribution in [0.3, 0.4) is 0 Å². The summed E-state index contributed by atoms with van der Waals surface area (Å²) < 4.78 is 10.8. The second-order valence-electron chi connectivity index (χ2n) is 5.27. The van der Waals surface area contributed by atoms with Gasteiger partial charge in [-0.3, -0.25) is 15.1 Å². The maximum atomic E-state index is 10.7. The highest BCUT2D eigenvalue weighted by atomic mass is 127. The van der Waals surface area contributed by atoms with Crippen molar-refractivity contribution in [2.45, 2.75) is 13.5 Å². The number of hydrogen-bond acceptors (Lipinski definition) is 5. The Morgan fingerprint density at radius 2 is 1.89 bits per heavy atom. The lowest BCUT2D eigenvalue weighted by Crippen LogP contribution is -2.30. The topological polar surface area (TPSA) is 98.0 Å². The van der Waals surface area contributed by atoms with Crippen molar-refractivity contribution >= 4 is 41.3 Å². The number of ether oxygens (including phenoxy) is 2. The molecule has 0 fully saturated rings. The quantitative estimate of drug-likeness (QED) is 0.203. The number of nitro benzene ring substituents is 1. The molecule has 0 aliphatic carbocycles. The van der Waals surface area contributed by atoms with Crippen LogP contribution in [0.15, 0.2) is 47.5 Å². The number of nitrogens with one attached hydrogen (secondary N) is 2. The zero-order valence-electron chi connectivity index (χ0n) is 15.4. The van der Waals surface area contributed by atoms with Crippen molar-refractivity contribution in [2.75, 3.05) is 26.1 Å². The summed E-state index contributed by atoms with van der Waals surface area (Å²) in [6, 6.07) is 11.9. The van der Waals surface area contributed by atoms with E-state index < -0.39 is 4.92 Å². The van der Waals surface area contributed by atoms with Gasteiger partial charge in [0.25, 0.3) is 5.69 Å². The van der Waals surface area contributed by atoms with Gasteiger partial charge >= 0.3 is 0 Å². The zero-order chi connectivity index (χ0) is 18.9. The smallest absolute Gasteiger partial charge is 0.269 e. The maximum Gasteiger partial charge on any atom is 0.269 e. The molecule has 0 aliphatic rings. The second kappa shape index (κ2) is 11.2. The molecule has 2 aromatic carbocycles. The molecular formula is C18H23IN4O4. The summed E-state index contributed by atoms with van der Waals surface area (Å²) in [6.07, 6.45) is 0. The monoisotopic (exact) mass is 486 g/mol. The molecule has 0 aromatic heterocycles. The SMILES string of the molecule is CCOc1cc(NC(=NC)NCc2ccc([N+](=O)[O-])cc2)ccc1OC.I. The summed E-state index contributed by atoms with van der Waals surface area (Å²) in [5, 5.41) is 17.0. The van der Waals surface area contributed by atoms with E-state index >= 15 is 0 Å². The van der Waals surface area contributed by atoms with Crippen LogP contribution >= 0.6 is 24.0 Å². The van der Waals surface area contributed by atoms with Gasteiger partial charge in [-0.2, -0.15) is 0 Å². The highest BCUT2D eigenvalue weighted by Crippen LogP contribution is 2.30. The maximum absolute atomic E-state index is 10.7. The van der Waals surface area contributed by atoms with Crippen molar-refractivity contribution in [3.63, 3.8) is 0 Å². The first-order valence-corrected chi connectivity index (χ1v) is 8.09. The lowest BCUT2D eigenvalue weighted by molar-refractivity contribution is -0.384. The molecule has 0 unspecified atom stereocenters. The number of nitrogens with zero attached hydrogens (tertiary/aromatic N) is 2. The molecule has 2 rings (SSSR count). The average Bonchev–Trinajstić information content (AvgIpc) is 2.66. The standard InChI is InChI=1S/C18H22N4O4.HI/c1-4-26-17-11-14(7-10-16(17)25-3)21-18(19-2)20-12-13-5-8-15(9-6-13)22(23)24;/h5-11H,4,12H2,1-3H3,(H2,19,20,21);1H. The Hall–Kier alpha value is -2.56. The largest absolute Gasteiger partial charge is 0.493 e. The fourth-order valence-corrected chi connectivity index (χ4v) is 2.26. The summed E-state index contributed by atoms with van der Waals surface area (Å²) in [7, 11) is 3.26. The number of guanidine groups is 1. The van der Waals surface area contributed by atoms with Crippen molar-refractivity contribution in [1.29, 1.82) is 0 Å². The second-order valence-corrected chi connectivity index (χ2v) is 5.27. The van der Waals surface area contributed by atoms with Gasteiger partial charge in [0.1, 0.15) is 0 Å². The number of methoxy groups -OCH3 is 1. The predicted molar refractivity (Wildman–Crippen MR) is 116 cm³/mol. The minimum atomic E-state index is -0.419. The van der Waals surface area contributed by atoms with E-state index in [-0.39, 0.29) is 29.7 Å². The Morgan fingerprint density at radius 1 is 1.19 bits per heavy atom. The fourth-order valence-electron chi connectivity index (χ4n) is 2.26. The van der Waals surface area contributed by atoms with Gasteiger partial charge in [-0.15, -0.1) is 24.0 Å². The van der Waals surface area contributed by atoms with Crippen molar-refractivity contribution in [2.24, 2.45) is 4.99 Å². The third kappa shape index (κ3) is 6.59. The molecule has 8 nitrogen and oxygen atoms in total. The van der Waals surface area contributed by atoms with Gasteiger partial charge in [0, 0.05) is 37.5 Å². The predicted octanol–water partition coefficient (Wildman–Crippen LogP) is 3.81. The number of hydrogen-bond donors (Lipinski definition) is 2. The molecule has 0 heterocycles. The molecule has 146 valence electrons. The van der Waals surface area contributed by atoms with E-state index in [4.69, 9.17) is 9.47 Å². The minimum Gasteiger partial charge on any atom is -0.493 e. The van der Waals surface area contributed by atoms with E-state index in [1.54, 1.807) is 26.3 Å². The number of halogens is 1. The van der Waals surface area contributed by atoms with Crippen LogP contribution in [0.25, 0.3) is 0 Å². The summed E-state index contributed by atoms with van der Waals surface area (Å²) in [6.45, 7) is 2.92. The van der Waals surface area contributed by atoms with E-state index in [0.717, 1.165) is 11.3 Å². The lowest BCUT2D eigenvalue weighted by atomic mass is 10.2. The molecule has 0 saturated carbocycles. The van der Waals surface area contributed by atoms with E-state index in [9.17, 15) is 10.1 Å². The molecule has 0 radical (unpaired) electrons. The van der Waals surface area contributed by atoms with Gasteiger partial charge in [-0.1, -0.05) is 12.1 Å². The molecule has 0 saturated heterocycles. The van der Waals surface area contributed by atoms with Crippen LogP contribution in [0.4, 0.5) is 11.4 Å². The number of rotatable bonds is 7. The number of benzene rings is 2. The third-order valence-corrected chi connectivity index (χ3v) is 3.56. The van der Waals surface area contributed by atoms with Gasteiger partial charge in [0.15, 0.2) is 17.5 Å². The number of nitro groups is 1. The van der Waals surface area contributed by atoms with Gasteiger partial charge < -0.3 is 20.1 Å². The average molecular weight is 486 g/mol. The number of aliphatic imine (C=N–C) groups is 1. The van der Waals surface area contributed by atoms with Gasteiger partial charge in [0.2, 0.25) is 0 Å². The van der Waals surface area contributed by atoms with Crippen LogP contribution in [0.5, 0.6) is 11.5 Å². The van der Waals surface area contributed by atoms with Gasteiger partial charge in [-0.25, -0.2) is 0 Å². The van der Waals surface area contributed by atoms with Crippen LogP contribution in [-0.2, 0) is 6.54 Å². The van der Waals surface area contributed by atoms with Crippen molar-refractivity contribution in [1.82, 2.24) is 5.32 Å². The molecule has 27 heavy (non-hydrogen) atoms. The molecule has 0 aliphatic heterocycles. The Balaban J connectivity index is 0.00000364. The number of non-ortho nitro benzene ring substituents is 1. The zero-order valence-corrected chi connectivity index (χ0v) is 17.7. The highest BCUT2D eigenvalue weighted by molar-refractivity contribution is 14.0. The molecule has 0 spiro atoms.